The van der Waals surface area contributed by atoms with Crippen molar-refractivity contribution in [2.75, 3.05) is 11.5 Å². The third kappa shape index (κ3) is 3.60. The van der Waals surface area contributed by atoms with E-state index in [1.807, 2.05) is 19.1 Å². The lowest BCUT2D eigenvalue weighted by Crippen LogP contribution is -2.33. The Bertz CT molecular complexity index is 578. The van der Waals surface area contributed by atoms with Crippen molar-refractivity contribution in [1.82, 2.24) is 5.32 Å². The lowest BCUT2D eigenvalue weighted by molar-refractivity contribution is -0.124. The van der Waals surface area contributed by atoms with Crippen LogP contribution < -0.4 is 5.32 Å². The predicted molar refractivity (Wildman–Crippen MR) is 79.1 cm³/mol. The summed E-state index contributed by atoms with van der Waals surface area (Å²) in [5.74, 6) is -0.430. The number of nitrogens with one attached hydrogen (secondary N) is 1. The van der Waals surface area contributed by atoms with Crippen molar-refractivity contribution in [1.29, 1.82) is 0 Å². The number of carbonyl (C=O) groups excluding carboxylic acids is 1. The van der Waals surface area contributed by atoms with Gasteiger partial charge in [0.25, 0.3) is 0 Å². The summed E-state index contributed by atoms with van der Waals surface area (Å²) < 4.78 is 22.8. The molecule has 0 aromatic heterocycles. The molecule has 1 aromatic rings. The van der Waals surface area contributed by atoms with Gasteiger partial charge in [0.15, 0.2) is 9.84 Å². The van der Waals surface area contributed by atoms with Crippen LogP contribution in [-0.4, -0.2) is 25.8 Å². The minimum Gasteiger partial charge on any atom is -0.349 e. The van der Waals surface area contributed by atoms with E-state index in [9.17, 15) is 13.2 Å². The van der Waals surface area contributed by atoms with Crippen molar-refractivity contribution in [3.8, 4) is 0 Å². The number of hydrogen-bond donors (Lipinski definition) is 1. The lowest BCUT2D eigenvalue weighted by atomic mass is 10.0. The summed E-state index contributed by atoms with van der Waals surface area (Å²) in [5.41, 5.74) is 2.30. The van der Waals surface area contributed by atoms with Crippen molar-refractivity contribution < 1.29 is 13.2 Å². The topological polar surface area (TPSA) is 63.2 Å². The number of amides is 1. The van der Waals surface area contributed by atoms with Gasteiger partial charge < -0.3 is 5.32 Å². The van der Waals surface area contributed by atoms with Crippen LogP contribution in [0.2, 0.25) is 0 Å². The molecule has 0 bridgehead atoms. The normalized spacial score (nSPS) is 22.4. The first-order chi connectivity index (χ1) is 9.41. The minimum absolute atomic E-state index is 0.0136. The van der Waals surface area contributed by atoms with Gasteiger partial charge in [0.05, 0.1) is 23.5 Å². The Kier molecular flexibility index (Phi) is 4.48. The molecule has 0 saturated carbocycles. The highest BCUT2D eigenvalue weighted by Gasteiger charge is 2.33. The molecule has 0 aliphatic carbocycles. The molecule has 2 atom stereocenters. The molecule has 1 saturated heterocycles. The molecular weight excluding hydrogens is 274 g/mol. The van der Waals surface area contributed by atoms with Crippen LogP contribution in [0.4, 0.5) is 0 Å². The summed E-state index contributed by atoms with van der Waals surface area (Å²) in [6.07, 6.45) is 1.43. The highest BCUT2D eigenvalue weighted by Crippen LogP contribution is 2.20. The first kappa shape index (κ1) is 15.0. The molecular formula is C15H21NO3S. The summed E-state index contributed by atoms with van der Waals surface area (Å²) >= 11 is 0. The van der Waals surface area contributed by atoms with E-state index >= 15 is 0 Å². The average Bonchev–Trinajstić information content (AvgIpc) is 2.79. The minimum atomic E-state index is -3.01. The first-order valence-electron chi connectivity index (χ1n) is 7.01. The van der Waals surface area contributed by atoms with Crippen LogP contribution in [0.5, 0.6) is 0 Å². The molecule has 4 nitrogen and oxygen atoms in total. The zero-order chi connectivity index (χ0) is 14.8. The van der Waals surface area contributed by atoms with Gasteiger partial charge in [-0.3, -0.25) is 4.79 Å². The molecule has 1 N–H and O–H groups in total. The molecule has 0 radical (unpaired) electrons. The first-order valence-corrected chi connectivity index (χ1v) is 8.83. The van der Waals surface area contributed by atoms with Gasteiger partial charge in [0, 0.05) is 0 Å². The van der Waals surface area contributed by atoms with Gasteiger partial charge in [-0.05, 0) is 30.9 Å². The number of aryl methyl sites for hydroxylation is 1. The Morgan fingerprint density at radius 2 is 2.00 bits per heavy atom. The van der Waals surface area contributed by atoms with Gasteiger partial charge in [-0.1, -0.05) is 31.2 Å². The third-order valence-electron chi connectivity index (χ3n) is 3.85. The van der Waals surface area contributed by atoms with E-state index in [2.05, 4.69) is 24.4 Å². The standard InChI is InChI=1S/C15H21NO3S/c1-3-12-4-6-13(7-5-12)11(2)16-15(17)14-8-9-20(18,19)10-14/h4-7,11,14H,3,8-10H2,1-2H3,(H,16,17). The van der Waals surface area contributed by atoms with Crippen molar-refractivity contribution in [2.24, 2.45) is 5.92 Å². The highest BCUT2D eigenvalue weighted by molar-refractivity contribution is 7.91. The summed E-state index contributed by atoms with van der Waals surface area (Å²) in [4.78, 5) is 12.1. The smallest absolute Gasteiger partial charge is 0.224 e. The van der Waals surface area contributed by atoms with Crippen LogP contribution in [0.15, 0.2) is 24.3 Å². The monoisotopic (exact) mass is 295 g/mol. The van der Waals surface area contributed by atoms with Crippen molar-refractivity contribution in [3.05, 3.63) is 35.4 Å². The molecule has 5 heteroatoms. The van der Waals surface area contributed by atoms with Gasteiger partial charge in [0.1, 0.15) is 0 Å². The second-order valence-corrected chi connectivity index (χ2v) is 7.65. The van der Waals surface area contributed by atoms with Gasteiger partial charge in [-0.25, -0.2) is 8.42 Å². The van der Waals surface area contributed by atoms with Crippen molar-refractivity contribution in [2.45, 2.75) is 32.7 Å². The highest BCUT2D eigenvalue weighted by atomic mass is 32.2. The van der Waals surface area contributed by atoms with E-state index in [1.165, 1.54) is 5.56 Å². The SMILES string of the molecule is CCc1ccc(C(C)NC(=O)C2CCS(=O)(=O)C2)cc1. The third-order valence-corrected chi connectivity index (χ3v) is 5.62. The fourth-order valence-corrected chi connectivity index (χ4v) is 4.20. The zero-order valence-corrected chi connectivity index (χ0v) is 12.7. The second kappa shape index (κ2) is 5.95. The van der Waals surface area contributed by atoms with Crippen LogP contribution >= 0.6 is 0 Å². The Hall–Kier alpha value is -1.36. The molecule has 0 spiro atoms. The maximum absolute atomic E-state index is 12.1. The molecule has 110 valence electrons. The number of sulfone groups is 1. The van der Waals surface area contributed by atoms with Crippen LogP contribution in [0.3, 0.4) is 0 Å². The molecule has 1 heterocycles. The van der Waals surface area contributed by atoms with E-state index in [-0.39, 0.29) is 23.5 Å². The fraction of sp³-hybridized carbons (Fsp3) is 0.533. The molecule has 2 unspecified atom stereocenters. The van der Waals surface area contributed by atoms with Crippen LogP contribution in [-0.2, 0) is 21.1 Å². The largest absolute Gasteiger partial charge is 0.349 e. The molecule has 1 fully saturated rings. The van der Waals surface area contributed by atoms with Gasteiger partial charge >= 0.3 is 0 Å². The molecule has 1 aromatic carbocycles. The number of carbonyl (C=O) groups is 1. The summed E-state index contributed by atoms with van der Waals surface area (Å²) in [6.45, 7) is 4.02. The maximum atomic E-state index is 12.1. The molecule has 20 heavy (non-hydrogen) atoms. The Labute approximate surface area is 120 Å². The maximum Gasteiger partial charge on any atom is 0.224 e. The lowest BCUT2D eigenvalue weighted by Gasteiger charge is -2.17. The van der Waals surface area contributed by atoms with E-state index in [0.29, 0.717) is 6.42 Å². The summed E-state index contributed by atoms with van der Waals surface area (Å²) in [7, 11) is -3.01. The van der Waals surface area contributed by atoms with Gasteiger partial charge in [-0.15, -0.1) is 0 Å². The summed E-state index contributed by atoms with van der Waals surface area (Å²) in [6, 6.07) is 8.03. The van der Waals surface area contributed by atoms with Gasteiger partial charge in [0.2, 0.25) is 5.91 Å². The van der Waals surface area contributed by atoms with Crippen LogP contribution in [0.1, 0.15) is 37.4 Å². The number of hydrogen-bond acceptors (Lipinski definition) is 3. The van der Waals surface area contributed by atoms with Crippen molar-refractivity contribution >= 4 is 15.7 Å². The Balaban J connectivity index is 1.96. The van der Waals surface area contributed by atoms with E-state index < -0.39 is 15.8 Å². The van der Waals surface area contributed by atoms with E-state index in [1.54, 1.807) is 0 Å². The molecule has 1 aliphatic rings. The second-order valence-electron chi connectivity index (χ2n) is 5.43. The van der Waals surface area contributed by atoms with Gasteiger partial charge in [-0.2, -0.15) is 0 Å². The number of benzene rings is 1. The fourth-order valence-electron chi connectivity index (χ4n) is 2.46. The average molecular weight is 295 g/mol. The zero-order valence-electron chi connectivity index (χ0n) is 11.9. The molecule has 1 aliphatic heterocycles. The van der Waals surface area contributed by atoms with Crippen LogP contribution in [0, 0.1) is 5.92 Å². The summed E-state index contributed by atoms with van der Waals surface area (Å²) in [5, 5.41) is 2.91. The van der Waals surface area contributed by atoms with E-state index in [4.69, 9.17) is 0 Å². The van der Waals surface area contributed by atoms with Crippen LogP contribution in [0.25, 0.3) is 0 Å². The van der Waals surface area contributed by atoms with E-state index in [0.717, 1.165) is 12.0 Å². The Morgan fingerprint density at radius 3 is 2.50 bits per heavy atom. The quantitative estimate of drug-likeness (QED) is 0.922. The molecule has 2 rings (SSSR count). The van der Waals surface area contributed by atoms with Crippen molar-refractivity contribution in [3.63, 3.8) is 0 Å². The molecule has 1 amide bonds. The number of rotatable bonds is 4. The Morgan fingerprint density at radius 1 is 1.35 bits per heavy atom. The predicted octanol–water partition coefficient (Wildman–Crippen LogP) is 1.86.